The van der Waals surface area contributed by atoms with Gasteiger partial charge in [-0.2, -0.15) is 0 Å². The highest BCUT2D eigenvalue weighted by Crippen LogP contribution is 2.21. The molecule has 0 bridgehead atoms. The number of ether oxygens (including phenoxy) is 1. The van der Waals surface area contributed by atoms with Gasteiger partial charge in [-0.25, -0.2) is 8.42 Å². The number of sulfonamides is 1. The van der Waals surface area contributed by atoms with Gasteiger partial charge in [0.1, 0.15) is 6.54 Å². The van der Waals surface area contributed by atoms with Crippen molar-refractivity contribution in [1.29, 1.82) is 0 Å². The van der Waals surface area contributed by atoms with Crippen molar-refractivity contribution in [3.8, 4) is 0 Å². The van der Waals surface area contributed by atoms with Crippen LogP contribution in [0.3, 0.4) is 0 Å². The van der Waals surface area contributed by atoms with E-state index in [4.69, 9.17) is 28.6 Å². The highest BCUT2D eigenvalue weighted by Gasteiger charge is 2.21. The molecule has 0 heterocycles. The molecule has 11 heteroatoms. The maximum Gasteiger partial charge on any atom is 0.259 e. The zero-order chi connectivity index (χ0) is 19.0. The number of halogens is 1. The smallest absolute Gasteiger partial charge is 0.259 e. The number of nitrogens with one attached hydrogen (secondary N) is 3. The summed E-state index contributed by atoms with van der Waals surface area (Å²) in [4.78, 5) is 12.0. The Kier molecular flexibility index (Phi) is 8.36. The molecule has 0 saturated carbocycles. The summed E-state index contributed by atoms with van der Waals surface area (Å²) >= 11 is 10.9. The number of amides is 1. The number of carbonyl (C=O) groups is 1. The molecule has 0 fully saturated rings. The molecule has 1 aromatic carbocycles. The molecule has 0 saturated heterocycles. The minimum atomic E-state index is -3.67. The summed E-state index contributed by atoms with van der Waals surface area (Å²) in [6, 6.07) is 6.16. The van der Waals surface area contributed by atoms with Crippen LogP contribution in [0.15, 0.2) is 24.3 Å². The predicted molar refractivity (Wildman–Crippen MR) is 102 cm³/mol. The zero-order valence-electron chi connectivity index (χ0n) is 14.1. The molecule has 25 heavy (non-hydrogen) atoms. The Morgan fingerprint density at radius 2 is 2.08 bits per heavy atom. The van der Waals surface area contributed by atoms with Crippen LogP contribution in [-0.4, -0.2) is 52.0 Å². The Balaban J connectivity index is 2.67. The quantitative estimate of drug-likeness (QED) is 0.449. The lowest BCUT2D eigenvalue weighted by Crippen LogP contribution is -2.52. The molecule has 1 atom stereocenters. The number of carbonyl (C=O) groups excluding carboxylic acids is 1. The first-order valence-corrected chi connectivity index (χ1v) is 9.84. The number of hydrogen-bond donors (Lipinski definition) is 3. The molecule has 0 spiro atoms. The topological polar surface area (TPSA) is 99.8 Å². The SMILES string of the molecule is COC[C@@H](C)NC(=S)NNC(=O)CN(c1cccc(Cl)c1)S(C)(=O)=O. The van der Waals surface area contributed by atoms with E-state index in [9.17, 15) is 13.2 Å². The van der Waals surface area contributed by atoms with E-state index in [1.807, 2.05) is 6.92 Å². The number of hydrogen-bond acceptors (Lipinski definition) is 5. The Hall–Kier alpha value is -1.62. The van der Waals surface area contributed by atoms with E-state index in [0.29, 0.717) is 17.3 Å². The van der Waals surface area contributed by atoms with E-state index < -0.39 is 22.5 Å². The first kappa shape index (κ1) is 21.4. The number of benzene rings is 1. The molecule has 3 N–H and O–H groups in total. The summed E-state index contributed by atoms with van der Waals surface area (Å²) in [7, 11) is -2.11. The summed E-state index contributed by atoms with van der Waals surface area (Å²) in [6.07, 6.45) is 1.01. The Bertz CT molecular complexity index is 715. The van der Waals surface area contributed by atoms with Crippen molar-refractivity contribution in [2.45, 2.75) is 13.0 Å². The average molecular weight is 409 g/mol. The summed E-state index contributed by atoms with van der Waals surface area (Å²) in [5.74, 6) is -0.589. The molecule has 0 aliphatic rings. The van der Waals surface area contributed by atoms with Crippen LogP contribution in [-0.2, 0) is 19.6 Å². The Morgan fingerprint density at radius 3 is 2.64 bits per heavy atom. The van der Waals surface area contributed by atoms with Crippen molar-refractivity contribution < 1.29 is 17.9 Å². The zero-order valence-corrected chi connectivity index (χ0v) is 16.5. The number of nitrogens with zero attached hydrogens (tertiary/aromatic N) is 1. The van der Waals surface area contributed by atoms with Gasteiger partial charge in [0.15, 0.2) is 5.11 Å². The molecule has 1 aromatic rings. The van der Waals surface area contributed by atoms with Gasteiger partial charge in [-0.3, -0.25) is 20.0 Å². The molecular formula is C14H21ClN4O4S2. The maximum absolute atomic E-state index is 12.0. The van der Waals surface area contributed by atoms with Gasteiger partial charge in [0.2, 0.25) is 10.0 Å². The predicted octanol–water partition coefficient (Wildman–Crippen LogP) is 0.636. The molecular weight excluding hydrogens is 388 g/mol. The first-order chi connectivity index (χ1) is 11.6. The molecule has 0 aliphatic heterocycles. The third kappa shape index (κ3) is 7.86. The van der Waals surface area contributed by atoms with Crippen LogP contribution in [0, 0.1) is 0 Å². The Labute approximate surface area is 157 Å². The molecule has 0 aliphatic carbocycles. The van der Waals surface area contributed by atoms with Crippen LogP contribution in [0.2, 0.25) is 5.02 Å². The Morgan fingerprint density at radius 1 is 1.40 bits per heavy atom. The van der Waals surface area contributed by atoms with Gasteiger partial charge in [0, 0.05) is 18.2 Å². The summed E-state index contributed by atoms with van der Waals surface area (Å²) in [5, 5.41) is 3.44. The largest absolute Gasteiger partial charge is 0.383 e. The van der Waals surface area contributed by atoms with Crippen molar-refractivity contribution in [1.82, 2.24) is 16.2 Å². The number of hydrazine groups is 1. The van der Waals surface area contributed by atoms with Gasteiger partial charge in [-0.05, 0) is 37.3 Å². The van der Waals surface area contributed by atoms with Gasteiger partial charge in [0.05, 0.1) is 18.6 Å². The third-order valence-corrected chi connectivity index (χ3v) is 4.49. The summed E-state index contributed by atoms with van der Waals surface area (Å²) < 4.78 is 29.8. The van der Waals surface area contributed by atoms with E-state index in [1.165, 1.54) is 6.07 Å². The summed E-state index contributed by atoms with van der Waals surface area (Å²) in [6.45, 7) is 1.86. The van der Waals surface area contributed by atoms with Crippen LogP contribution >= 0.6 is 23.8 Å². The normalized spacial score (nSPS) is 12.2. The van der Waals surface area contributed by atoms with Crippen LogP contribution in [0.5, 0.6) is 0 Å². The van der Waals surface area contributed by atoms with E-state index in [1.54, 1.807) is 25.3 Å². The highest BCUT2D eigenvalue weighted by atomic mass is 35.5. The van der Waals surface area contributed by atoms with Gasteiger partial charge in [0.25, 0.3) is 5.91 Å². The molecule has 1 rings (SSSR count). The second kappa shape index (κ2) is 9.76. The molecule has 140 valence electrons. The number of methoxy groups -OCH3 is 1. The van der Waals surface area contributed by atoms with Gasteiger partial charge in [-0.15, -0.1) is 0 Å². The number of anilines is 1. The molecule has 0 aromatic heterocycles. The van der Waals surface area contributed by atoms with Crippen molar-refractivity contribution in [3.05, 3.63) is 29.3 Å². The van der Waals surface area contributed by atoms with Gasteiger partial charge in [-0.1, -0.05) is 17.7 Å². The average Bonchev–Trinajstić information content (AvgIpc) is 2.49. The first-order valence-electron chi connectivity index (χ1n) is 7.21. The fourth-order valence-electron chi connectivity index (χ4n) is 1.88. The molecule has 0 unspecified atom stereocenters. The lowest BCUT2D eigenvalue weighted by atomic mass is 10.3. The van der Waals surface area contributed by atoms with Crippen molar-refractivity contribution in [2.24, 2.45) is 0 Å². The monoisotopic (exact) mass is 408 g/mol. The highest BCUT2D eigenvalue weighted by molar-refractivity contribution is 7.92. The maximum atomic E-state index is 12.0. The van der Waals surface area contributed by atoms with E-state index in [2.05, 4.69) is 16.2 Å². The minimum absolute atomic E-state index is 0.0547. The van der Waals surface area contributed by atoms with Crippen molar-refractivity contribution >= 4 is 50.5 Å². The molecule has 8 nitrogen and oxygen atoms in total. The summed E-state index contributed by atoms with van der Waals surface area (Å²) in [5.41, 5.74) is 5.14. The van der Waals surface area contributed by atoms with Crippen LogP contribution in [0.4, 0.5) is 5.69 Å². The fraction of sp³-hybridized carbons (Fsp3) is 0.429. The van der Waals surface area contributed by atoms with E-state index in [0.717, 1.165) is 10.6 Å². The molecule has 1 amide bonds. The van der Waals surface area contributed by atoms with E-state index >= 15 is 0 Å². The van der Waals surface area contributed by atoms with Crippen LogP contribution < -0.4 is 20.5 Å². The standard InChI is InChI=1S/C14H21ClN4O4S2/c1-10(9-23-2)16-14(24)18-17-13(20)8-19(25(3,21)22)12-6-4-5-11(15)7-12/h4-7,10H,8-9H2,1-3H3,(H,17,20)(H2,16,18,24)/t10-/m1/s1. The van der Waals surface area contributed by atoms with Crippen molar-refractivity contribution in [3.63, 3.8) is 0 Å². The lowest BCUT2D eigenvalue weighted by molar-refractivity contribution is -0.120. The molecule has 0 radical (unpaired) electrons. The van der Waals surface area contributed by atoms with Gasteiger partial charge < -0.3 is 10.1 Å². The van der Waals surface area contributed by atoms with Gasteiger partial charge >= 0.3 is 0 Å². The van der Waals surface area contributed by atoms with E-state index in [-0.39, 0.29) is 11.2 Å². The fourth-order valence-corrected chi connectivity index (χ4v) is 3.16. The lowest BCUT2D eigenvalue weighted by Gasteiger charge is -2.22. The van der Waals surface area contributed by atoms with Crippen LogP contribution in [0.1, 0.15) is 6.92 Å². The second-order valence-electron chi connectivity index (χ2n) is 5.25. The number of rotatable bonds is 7. The minimum Gasteiger partial charge on any atom is -0.383 e. The van der Waals surface area contributed by atoms with Crippen molar-refractivity contribution in [2.75, 3.05) is 30.8 Å². The second-order valence-corrected chi connectivity index (χ2v) is 8.00. The third-order valence-electron chi connectivity index (χ3n) is 2.89. The number of thiocarbonyl (C=S) groups is 1. The van der Waals surface area contributed by atoms with Crippen LogP contribution in [0.25, 0.3) is 0 Å².